The van der Waals surface area contributed by atoms with Gasteiger partial charge in [-0.1, -0.05) is 48.5 Å². The van der Waals surface area contributed by atoms with Crippen molar-refractivity contribution >= 4 is 47.4 Å². The molecule has 0 saturated heterocycles. The van der Waals surface area contributed by atoms with Crippen molar-refractivity contribution in [3.8, 4) is 11.1 Å². The van der Waals surface area contributed by atoms with Crippen LogP contribution in [0.15, 0.2) is 48.5 Å². The van der Waals surface area contributed by atoms with Crippen molar-refractivity contribution in [3.05, 3.63) is 59.7 Å². The van der Waals surface area contributed by atoms with Gasteiger partial charge >= 0.3 is 6.09 Å². The summed E-state index contributed by atoms with van der Waals surface area (Å²) < 4.78 is 5.61. The minimum atomic E-state index is -0.692. The van der Waals surface area contributed by atoms with Crippen LogP contribution >= 0.6 is 0 Å². The fourth-order valence-electron chi connectivity index (χ4n) is 5.72. The fourth-order valence-corrected chi connectivity index (χ4v) is 5.72. The van der Waals surface area contributed by atoms with Crippen molar-refractivity contribution in [2.24, 2.45) is 5.73 Å². The van der Waals surface area contributed by atoms with Crippen LogP contribution in [-0.2, 0) is 38.3 Å². The molecule has 0 spiro atoms. The highest BCUT2D eigenvalue weighted by atomic mass is 16.6. The van der Waals surface area contributed by atoms with E-state index in [9.17, 15) is 38.4 Å². The molecule has 0 saturated carbocycles. The number of carbonyl (C=O) groups excluding carboxylic acids is 8. The lowest BCUT2D eigenvalue weighted by molar-refractivity contribution is -0.145. The highest BCUT2D eigenvalue weighted by Crippen LogP contribution is 2.44. The van der Waals surface area contributed by atoms with E-state index in [-0.39, 0.29) is 58.3 Å². The van der Waals surface area contributed by atoms with Crippen LogP contribution in [-0.4, -0.2) is 197 Å². The minimum absolute atomic E-state index is 0.0878. The molecule has 3 N–H and O–H groups in total. The third-order valence-corrected chi connectivity index (χ3v) is 9.28. The summed E-state index contributed by atoms with van der Waals surface area (Å²) in [5.74, 6) is -3.79. The number of hydrogen-bond donors (Lipinski definition) is 2. The number of nitrogens with zero attached hydrogens (tertiary/aromatic N) is 7. The maximum atomic E-state index is 12.9. The molecular weight excluding hydrogens is 726 g/mol. The number of nitrogens with one attached hydrogen (secondary N) is 1. The van der Waals surface area contributed by atoms with Crippen molar-refractivity contribution < 1.29 is 43.1 Å². The third-order valence-electron chi connectivity index (χ3n) is 9.28. The SMILES string of the molecule is CN(CC(=O)NCCN)C(=O)CN(C)C(=O)CN(C)C(=O)CN(C)C(=O)CN(C)C(=O)CN(C)C(=O)CN(C)C(=O)OCC1c2ccccc2-c2ccccc21. The zero-order valence-electron chi connectivity index (χ0n) is 33.1. The van der Waals surface area contributed by atoms with Crippen molar-refractivity contribution in [3.63, 3.8) is 0 Å². The molecule has 1 aliphatic rings. The van der Waals surface area contributed by atoms with E-state index in [1.165, 1.54) is 49.3 Å². The summed E-state index contributed by atoms with van der Waals surface area (Å²) >= 11 is 0. The molecule has 0 aliphatic heterocycles. The van der Waals surface area contributed by atoms with E-state index in [0.717, 1.165) is 56.6 Å². The highest BCUT2D eigenvalue weighted by molar-refractivity contribution is 5.92. The van der Waals surface area contributed by atoms with E-state index in [4.69, 9.17) is 10.5 Å². The maximum Gasteiger partial charge on any atom is 0.409 e. The monoisotopic (exact) mass is 779 g/mol. The summed E-state index contributed by atoms with van der Waals surface area (Å²) in [5, 5.41) is 2.55. The lowest BCUT2D eigenvalue weighted by Gasteiger charge is -2.27. The molecule has 0 unspecified atom stereocenters. The molecule has 56 heavy (non-hydrogen) atoms. The van der Waals surface area contributed by atoms with Crippen molar-refractivity contribution in [2.75, 3.05) is 115 Å². The van der Waals surface area contributed by atoms with E-state index in [0.29, 0.717) is 0 Å². The average molecular weight is 780 g/mol. The standard InChI is InChI=1S/C38H53N9O9/c1-41(18-31(48)40-17-16-39)32(49)19-42(2)33(50)20-43(3)34(51)21-44(4)35(52)22-45(5)36(53)23-46(6)37(54)24-47(7)38(55)56-25-30-28-14-10-8-12-26(28)27-13-9-11-15-29(27)30/h8-15,30H,16-25,39H2,1-7H3,(H,40,48). The number of benzene rings is 2. The number of carbonyl (C=O) groups is 8. The molecule has 18 heteroatoms. The third kappa shape index (κ3) is 12.2. The number of amides is 8. The van der Waals surface area contributed by atoms with E-state index in [1.807, 2.05) is 48.5 Å². The van der Waals surface area contributed by atoms with E-state index < -0.39 is 60.5 Å². The maximum absolute atomic E-state index is 12.9. The molecule has 1 aliphatic carbocycles. The van der Waals surface area contributed by atoms with Gasteiger partial charge in [-0.3, -0.25) is 33.6 Å². The first-order valence-electron chi connectivity index (χ1n) is 17.9. The molecule has 0 bridgehead atoms. The first-order chi connectivity index (χ1) is 26.4. The van der Waals surface area contributed by atoms with Crippen LogP contribution in [0.1, 0.15) is 17.0 Å². The Bertz CT molecular complexity index is 1740. The van der Waals surface area contributed by atoms with Gasteiger partial charge in [0.15, 0.2) is 0 Å². The number of fused-ring (bicyclic) bond motifs is 3. The Balaban J connectivity index is 1.39. The molecule has 2 aromatic rings. The van der Waals surface area contributed by atoms with E-state index >= 15 is 0 Å². The smallest absolute Gasteiger partial charge is 0.409 e. The molecule has 3 rings (SSSR count). The average Bonchev–Trinajstić information content (AvgIpc) is 3.48. The Kier molecular flexibility index (Phi) is 16.3. The van der Waals surface area contributed by atoms with Gasteiger partial charge in [-0.25, -0.2) is 4.79 Å². The quantitative estimate of drug-likeness (QED) is 0.183. The number of ether oxygens (including phenoxy) is 1. The zero-order valence-corrected chi connectivity index (χ0v) is 33.1. The molecule has 0 atom stereocenters. The number of rotatable bonds is 18. The topological polar surface area (TPSA) is 207 Å². The van der Waals surface area contributed by atoms with E-state index in [2.05, 4.69) is 5.32 Å². The molecular formula is C38H53N9O9. The van der Waals surface area contributed by atoms with Gasteiger partial charge in [-0.15, -0.1) is 0 Å². The van der Waals surface area contributed by atoms with Crippen LogP contribution in [0.2, 0.25) is 0 Å². The minimum Gasteiger partial charge on any atom is -0.448 e. The first kappa shape index (κ1) is 44.4. The second kappa shape index (κ2) is 20.6. The zero-order chi connectivity index (χ0) is 41.7. The predicted octanol–water partition coefficient (Wildman–Crippen LogP) is -1.31. The second-order valence-corrected chi connectivity index (χ2v) is 13.8. The molecule has 18 nitrogen and oxygen atoms in total. The van der Waals surface area contributed by atoms with Gasteiger partial charge in [-0.2, -0.15) is 0 Å². The van der Waals surface area contributed by atoms with Crippen LogP contribution in [0, 0.1) is 0 Å². The van der Waals surface area contributed by atoms with Crippen LogP contribution < -0.4 is 11.1 Å². The Morgan fingerprint density at radius 1 is 0.518 bits per heavy atom. The lowest BCUT2D eigenvalue weighted by Crippen LogP contribution is -2.49. The first-order valence-corrected chi connectivity index (χ1v) is 17.9. The molecule has 8 amide bonds. The van der Waals surface area contributed by atoms with Gasteiger partial charge in [0.1, 0.15) is 13.2 Å². The second-order valence-electron chi connectivity index (χ2n) is 13.8. The van der Waals surface area contributed by atoms with Crippen LogP contribution in [0.3, 0.4) is 0 Å². The molecule has 304 valence electrons. The number of likely N-dealkylation sites (N-methyl/N-ethyl adjacent to an activating group) is 7. The molecule has 2 aromatic carbocycles. The van der Waals surface area contributed by atoms with Gasteiger partial charge < -0.3 is 50.1 Å². The Hall–Kier alpha value is -6.04. The van der Waals surface area contributed by atoms with Gasteiger partial charge in [-0.05, 0) is 22.3 Å². The van der Waals surface area contributed by atoms with Crippen molar-refractivity contribution in [1.82, 2.24) is 39.6 Å². The Labute approximate surface area is 327 Å². The summed E-state index contributed by atoms with van der Waals surface area (Å²) in [6, 6.07) is 15.9. The Morgan fingerprint density at radius 3 is 1.20 bits per heavy atom. The summed E-state index contributed by atoms with van der Waals surface area (Å²) in [4.78, 5) is 109. The van der Waals surface area contributed by atoms with Crippen LogP contribution in [0.25, 0.3) is 11.1 Å². The summed E-state index contributed by atoms with van der Waals surface area (Å²) in [7, 11) is 9.75. The largest absolute Gasteiger partial charge is 0.448 e. The lowest BCUT2D eigenvalue weighted by atomic mass is 9.98. The van der Waals surface area contributed by atoms with Crippen molar-refractivity contribution in [2.45, 2.75) is 5.92 Å². The molecule has 0 radical (unpaired) electrons. The summed E-state index contributed by atoms with van der Waals surface area (Å²) in [5.41, 5.74) is 9.64. The highest BCUT2D eigenvalue weighted by Gasteiger charge is 2.30. The number of hydrogen-bond acceptors (Lipinski definition) is 10. The van der Waals surface area contributed by atoms with Crippen LogP contribution in [0.4, 0.5) is 4.79 Å². The normalized spacial score (nSPS) is 11.4. The fraction of sp³-hybridized carbons (Fsp3) is 0.474. The van der Waals surface area contributed by atoms with Crippen molar-refractivity contribution in [1.29, 1.82) is 0 Å². The summed E-state index contributed by atoms with van der Waals surface area (Å²) in [6.45, 7) is -1.80. The molecule has 0 fully saturated rings. The molecule has 0 heterocycles. The van der Waals surface area contributed by atoms with Gasteiger partial charge in [0.25, 0.3) is 0 Å². The molecule has 0 aromatic heterocycles. The van der Waals surface area contributed by atoms with Gasteiger partial charge in [0, 0.05) is 68.3 Å². The van der Waals surface area contributed by atoms with Gasteiger partial charge in [0.05, 0.1) is 39.3 Å². The predicted molar refractivity (Wildman–Crippen MR) is 206 cm³/mol. The van der Waals surface area contributed by atoms with Gasteiger partial charge in [0.2, 0.25) is 41.4 Å². The summed E-state index contributed by atoms with van der Waals surface area (Å²) in [6.07, 6.45) is -0.692. The van der Waals surface area contributed by atoms with E-state index in [1.54, 1.807) is 0 Å². The Morgan fingerprint density at radius 2 is 0.839 bits per heavy atom. The number of nitrogens with two attached hydrogens (primary N) is 1. The van der Waals surface area contributed by atoms with Crippen LogP contribution in [0.5, 0.6) is 0 Å².